The van der Waals surface area contributed by atoms with E-state index in [1.165, 1.54) is 19.9 Å². The van der Waals surface area contributed by atoms with Crippen LogP contribution in [0.1, 0.15) is 47.2 Å². The van der Waals surface area contributed by atoms with E-state index < -0.39 is 10.2 Å². The van der Waals surface area contributed by atoms with E-state index in [4.69, 9.17) is 0 Å². The van der Waals surface area contributed by atoms with E-state index in [0.717, 1.165) is 17.7 Å². The highest BCUT2D eigenvalue weighted by molar-refractivity contribution is 7.86. The van der Waals surface area contributed by atoms with E-state index in [-0.39, 0.29) is 11.9 Å². The first kappa shape index (κ1) is 19.4. The molecule has 1 fully saturated rings. The van der Waals surface area contributed by atoms with Gasteiger partial charge in [0.2, 0.25) is 0 Å². The number of thiophene rings is 1. The second-order valence-corrected chi connectivity index (χ2v) is 9.56. The second kappa shape index (κ2) is 8.42. The van der Waals surface area contributed by atoms with Gasteiger partial charge in [0.05, 0.1) is 4.88 Å². The molecular weight excluding hydrogens is 346 g/mol. The summed E-state index contributed by atoms with van der Waals surface area (Å²) in [6, 6.07) is 3.80. The lowest BCUT2D eigenvalue weighted by atomic mass is 10.1. The number of rotatable bonds is 7. The molecule has 1 amide bonds. The minimum Gasteiger partial charge on any atom is -0.349 e. The quantitative estimate of drug-likeness (QED) is 0.797. The largest absolute Gasteiger partial charge is 0.349 e. The number of carbonyl (C=O) groups excluding carboxylic acids is 1. The van der Waals surface area contributed by atoms with Gasteiger partial charge in [-0.05, 0) is 38.3 Å². The number of carbonyl (C=O) groups is 1. The summed E-state index contributed by atoms with van der Waals surface area (Å²) in [6.07, 6.45) is 3.13. The summed E-state index contributed by atoms with van der Waals surface area (Å²) in [7, 11) is -1.74. The van der Waals surface area contributed by atoms with Crippen LogP contribution in [0.25, 0.3) is 0 Å². The Kier molecular flexibility index (Phi) is 6.79. The molecule has 0 spiro atoms. The summed E-state index contributed by atoms with van der Waals surface area (Å²) in [5.41, 5.74) is 0. The molecule has 1 aromatic rings. The normalized spacial score (nSPS) is 17.3. The van der Waals surface area contributed by atoms with E-state index in [1.807, 2.05) is 26.0 Å². The third kappa shape index (κ3) is 4.78. The fourth-order valence-electron chi connectivity index (χ4n) is 2.74. The highest BCUT2D eigenvalue weighted by Gasteiger charge is 2.31. The molecule has 0 aromatic carbocycles. The lowest BCUT2D eigenvalue weighted by Crippen LogP contribution is -2.50. The predicted octanol–water partition coefficient (Wildman–Crippen LogP) is 2.23. The Morgan fingerprint density at radius 1 is 1.38 bits per heavy atom. The van der Waals surface area contributed by atoms with Crippen LogP contribution in [0, 0.1) is 6.92 Å². The molecule has 8 heteroatoms. The molecule has 0 radical (unpaired) electrons. The maximum atomic E-state index is 12.5. The van der Waals surface area contributed by atoms with Crippen LogP contribution < -0.4 is 5.32 Å². The van der Waals surface area contributed by atoms with E-state index in [0.29, 0.717) is 37.4 Å². The fraction of sp³-hybridized carbons (Fsp3) is 0.688. The standard InChI is InChI=1S/C16H27N3O3S2/c1-4-5-10-18(3)24(21,22)19-11-8-14(9-12-19)17-16(20)15-7-6-13(2)23-15/h6-7,14H,4-5,8-12H2,1-3H3,(H,17,20). The smallest absolute Gasteiger partial charge is 0.281 e. The van der Waals surface area contributed by atoms with Gasteiger partial charge in [0.1, 0.15) is 0 Å². The number of unbranched alkanes of at least 4 members (excludes halogenated alkanes) is 1. The molecule has 1 aromatic heterocycles. The topological polar surface area (TPSA) is 69.7 Å². The van der Waals surface area contributed by atoms with Gasteiger partial charge in [-0.1, -0.05) is 13.3 Å². The molecule has 1 aliphatic rings. The van der Waals surface area contributed by atoms with Crippen molar-refractivity contribution < 1.29 is 13.2 Å². The third-order valence-electron chi connectivity index (χ3n) is 4.30. The number of hydrogen-bond donors (Lipinski definition) is 1. The maximum Gasteiger partial charge on any atom is 0.281 e. The molecule has 136 valence electrons. The van der Waals surface area contributed by atoms with Crippen molar-refractivity contribution >= 4 is 27.5 Å². The maximum absolute atomic E-state index is 12.5. The number of piperidine rings is 1. The first-order valence-electron chi connectivity index (χ1n) is 8.43. The van der Waals surface area contributed by atoms with Crippen molar-refractivity contribution in [2.24, 2.45) is 0 Å². The summed E-state index contributed by atoms with van der Waals surface area (Å²) in [5.74, 6) is -0.0607. The van der Waals surface area contributed by atoms with E-state index in [2.05, 4.69) is 5.32 Å². The molecule has 0 saturated carbocycles. The highest BCUT2D eigenvalue weighted by Crippen LogP contribution is 2.19. The van der Waals surface area contributed by atoms with Gasteiger partial charge in [-0.2, -0.15) is 17.0 Å². The van der Waals surface area contributed by atoms with Crippen molar-refractivity contribution in [1.29, 1.82) is 0 Å². The highest BCUT2D eigenvalue weighted by atomic mass is 32.2. The molecule has 0 bridgehead atoms. The fourth-order valence-corrected chi connectivity index (χ4v) is 4.93. The molecule has 1 saturated heterocycles. The summed E-state index contributed by atoms with van der Waals surface area (Å²) >= 11 is 1.48. The van der Waals surface area contributed by atoms with Gasteiger partial charge in [-0.3, -0.25) is 4.79 Å². The van der Waals surface area contributed by atoms with Crippen LogP contribution >= 0.6 is 11.3 Å². The van der Waals surface area contributed by atoms with Gasteiger partial charge in [-0.25, -0.2) is 0 Å². The van der Waals surface area contributed by atoms with Crippen LogP contribution in [0.5, 0.6) is 0 Å². The average molecular weight is 374 g/mol. The van der Waals surface area contributed by atoms with Gasteiger partial charge in [-0.15, -0.1) is 11.3 Å². The summed E-state index contributed by atoms with van der Waals surface area (Å²) < 4.78 is 28.0. The van der Waals surface area contributed by atoms with Gasteiger partial charge < -0.3 is 5.32 Å². The molecule has 0 aliphatic carbocycles. The molecule has 1 N–H and O–H groups in total. The van der Waals surface area contributed by atoms with Crippen molar-refractivity contribution in [3.05, 3.63) is 21.9 Å². The summed E-state index contributed by atoms with van der Waals surface area (Å²) in [4.78, 5) is 14.0. The number of aryl methyl sites for hydroxylation is 1. The molecule has 0 atom stereocenters. The van der Waals surface area contributed by atoms with Crippen molar-refractivity contribution in [2.45, 2.75) is 45.6 Å². The Morgan fingerprint density at radius 3 is 2.58 bits per heavy atom. The van der Waals surface area contributed by atoms with E-state index >= 15 is 0 Å². The van der Waals surface area contributed by atoms with E-state index in [1.54, 1.807) is 7.05 Å². The van der Waals surface area contributed by atoms with Crippen LogP contribution in [-0.2, 0) is 10.2 Å². The van der Waals surface area contributed by atoms with Gasteiger partial charge in [0.15, 0.2) is 0 Å². The Balaban J connectivity index is 1.85. The monoisotopic (exact) mass is 373 g/mol. The van der Waals surface area contributed by atoms with Gasteiger partial charge >= 0.3 is 0 Å². The minimum atomic E-state index is -3.38. The zero-order valence-electron chi connectivity index (χ0n) is 14.6. The lowest BCUT2D eigenvalue weighted by molar-refractivity contribution is 0.0927. The van der Waals surface area contributed by atoms with E-state index in [9.17, 15) is 13.2 Å². The Labute approximate surface area is 149 Å². The number of nitrogens with zero attached hydrogens (tertiary/aromatic N) is 2. The minimum absolute atomic E-state index is 0.0345. The molecule has 2 rings (SSSR count). The molecule has 1 aliphatic heterocycles. The van der Waals surface area contributed by atoms with Crippen LogP contribution in [0.2, 0.25) is 0 Å². The zero-order valence-corrected chi connectivity index (χ0v) is 16.3. The first-order valence-corrected chi connectivity index (χ1v) is 10.6. The Hall–Kier alpha value is -0.960. The van der Waals surface area contributed by atoms with Crippen LogP contribution in [0.3, 0.4) is 0 Å². The number of nitrogens with one attached hydrogen (secondary N) is 1. The van der Waals surface area contributed by atoms with Crippen molar-refractivity contribution in [1.82, 2.24) is 13.9 Å². The zero-order chi connectivity index (χ0) is 17.7. The Morgan fingerprint density at radius 2 is 2.04 bits per heavy atom. The van der Waals surface area contributed by atoms with Gasteiger partial charge in [0, 0.05) is 37.6 Å². The molecular formula is C16H27N3O3S2. The number of hydrogen-bond acceptors (Lipinski definition) is 4. The van der Waals surface area contributed by atoms with Crippen LogP contribution in [0.15, 0.2) is 12.1 Å². The van der Waals surface area contributed by atoms with Crippen molar-refractivity contribution in [2.75, 3.05) is 26.7 Å². The van der Waals surface area contributed by atoms with Crippen molar-refractivity contribution in [3.63, 3.8) is 0 Å². The second-order valence-electron chi connectivity index (χ2n) is 6.24. The predicted molar refractivity (Wildman–Crippen MR) is 97.6 cm³/mol. The molecule has 6 nitrogen and oxygen atoms in total. The number of amides is 1. The van der Waals surface area contributed by atoms with Crippen LogP contribution in [-0.4, -0.2) is 55.7 Å². The van der Waals surface area contributed by atoms with Gasteiger partial charge in [0.25, 0.3) is 16.1 Å². The third-order valence-corrected chi connectivity index (χ3v) is 7.29. The average Bonchev–Trinajstić information content (AvgIpc) is 2.99. The first-order chi connectivity index (χ1) is 11.3. The molecule has 2 heterocycles. The molecule has 24 heavy (non-hydrogen) atoms. The Bertz CT molecular complexity index is 649. The van der Waals surface area contributed by atoms with Crippen molar-refractivity contribution in [3.8, 4) is 0 Å². The van der Waals surface area contributed by atoms with Crippen LogP contribution in [0.4, 0.5) is 0 Å². The SMILES string of the molecule is CCCCN(C)S(=O)(=O)N1CCC(NC(=O)c2ccc(C)s2)CC1. The molecule has 0 unspecified atom stereocenters. The summed E-state index contributed by atoms with van der Waals surface area (Å²) in [5, 5.41) is 3.02. The lowest BCUT2D eigenvalue weighted by Gasteiger charge is -2.34. The summed E-state index contributed by atoms with van der Waals surface area (Å²) in [6.45, 7) is 5.47.